The summed E-state index contributed by atoms with van der Waals surface area (Å²) in [4.78, 5) is 10.5. The maximum absolute atomic E-state index is 6.60. The van der Waals surface area contributed by atoms with Crippen molar-refractivity contribution in [1.29, 1.82) is 0 Å². The summed E-state index contributed by atoms with van der Waals surface area (Å²) in [6, 6.07) is 8.15. The predicted molar refractivity (Wildman–Crippen MR) is 226 cm³/mol. The molecule has 4 aromatic carbocycles. The fraction of sp³-hybridized carbons (Fsp3) is 0.522. The molecule has 0 amide bonds. The van der Waals surface area contributed by atoms with Gasteiger partial charge in [0.25, 0.3) is 0 Å². The van der Waals surface area contributed by atoms with Gasteiger partial charge in [-0.25, -0.2) is 9.98 Å². The van der Waals surface area contributed by atoms with Gasteiger partial charge in [0, 0.05) is 44.2 Å². The van der Waals surface area contributed by atoms with E-state index in [-0.39, 0.29) is 34.7 Å². The third kappa shape index (κ3) is 6.83. The minimum atomic E-state index is -0.133. The van der Waals surface area contributed by atoms with E-state index < -0.39 is 0 Å². The lowest BCUT2D eigenvalue weighted by molar-refractivity contribution is 0.235. The minimum absolute atomic E-state index is 0.0676. The first-order valence-corrected chi connectivity index (χ1v) is 19.5. The zero-order valence-corrected chi connectivity index (χ0v) is 36.2. The quantitative estimate of drug-likeness (QED) is 0.149. The van der Waals surface area contributed by atoms with Crippen LogP contribution in [0.4, 0.5) is 0 Å². The van der Waals surface area contributed by atoms with Gasteiger partial charge in [-0.3, -0.25) is 0 Å². The highest BCUT2D eigenvalue weighted by atomic mass is 16.5. The Morgan fingerprint density at radius 3 is 1.09 bits per heavy atom. The van der Waals surface area contributed by atoms with E-state index in [9.17, 15) is 0 Å². The number of hydrogen-bond acceptors (Lipinski definition) is 10. The van der Waals surface area contributed by atoms with E-state index in [1.54, 1.807) is 42.7 Å². The molecule has 0 N–H and O–H groups in total. The summed E-state index contributed by atoms with van der Waals surface area (Å²) in [7, 11) is 10.1. The zero-order valence-electron chi connectivity index (χ0n) is 36.2. The SMILES string of the molecule is COc1cc2c(OC)c(-c3c(C4=N[C@@H](C(C)(C)C)CO4)cc4c(C(C)C)c(OC)c(OC)cc4c3OC)c(C3=N[C@@H](C(C)(C)C)CO3)cc2c(C(C)C)c1OC. The van der Waals surface area contributed by atoms with E-state index in [4.69, 9.17) is 47.9 Å². The van der Waals surface area contributed by atoms with Crippen molar-refractivity contribution in [3.63, 3.8) is 0 Å². The third-order valence-electron chi connectivity index (χ3n) is 11.1. The number of rotatable bonds is 11. The van der Waals surface area contributed by atoms with E-state index >= 15 is 0 Å². The molecule has 0 radical (unpaired) electrons. The first-order valence-electron chi connectivity index (χ1n) is 19.5. The van der Waals surface area contributed by atoms with Crippen LogP contribution in [0.15, 0.2) is 34.3 Å². The average molecular weight is 769 g/mol. The molecular formula is C46H60N2O8. The summed E-state index contributed by atoms with van der Waals surface area (Å²) >= 11 is 0. The van der Waals surface area contributed by atoms with Crippen molar-refractivity contribution in [2.75, 3.05) is 55.9 Å². The Balaban J connectivity index is 1.90. The molecule has 0 saturated heterocycles. The number of aliphatic imine (C=N–C) groups is 2. The van der Waals surface area contributed by atoms with Crippen LogP contribution in [0.1, 0.15) is 103 Å². The maximum atomic E-state index is 6.60. The molecule has 0 saturated carbocycles. The molecule has 10 heteroatoms. The highest BCUT2D eigenvalue weighted by Crippen LogP contribution is 2.54. The molecule has 0 aromatic heterocycles. The molecule has 0 aliphatic carbocycles. The Morgan fingerprint density at radius 1 is 0.500 bits per heavy atom. The first-order chi connectivity index (χ1) is 26.4. The van der Waals surface area contributed by atoms with Crippen molar-refractivity contribution in [2.45, 2.75) is 93.2 Å². The lowest BCUT2D eigenvalue weighted by atomic mass is 9.84. The topological polar surface area (TPSA) is 98.6 Å². The summed E-state index contributed by atoms with van der Waals surface area (Å²) < 4.78 is 50.4. The molecule has 0 spiro atoms. The molecule has 2 aliphatic rings. The van der Waals surface area contributed by atoms with Gasteiger partial charge in [0.05, 0.1) is 54.7 Å². The van der Waals surface area contributed by atoms with Gasteiger partial charge in [0.2, 0.25) is 11.8 Å². The van der Waals surface area contributed by atoms with E-state index in [1.807, 2.05) is 12.1 Å². The monoisotopic (exact) mass is 768 g/mol. The molecular weight excluding hydrogens is 709 g/mol. The van der Waals surface area contributed by atoms with Crippen LogP contribution in [-0.2, 0) is 9.47 Å². The molecule has 0 bridgehead atoms. The van der Waals surface area contributed by atoms with E-state index in [0.29, 0.717) is 59.5 Å². The van der Waals surface area contributed by atoms with Crippen LogP contribution in [0, 0.1) is 10.8 Å². The Hall–Kier alpha value is -4.86. The standard InChI is InChI=1S/C46H60N2O8/c1-23(2)35-25-17-29(43-47-33(21-55-43)45(5,6)7)37(39(51-13)27(25)19-31(49-11)41(35)53-15)38-30(44-48-34(22-56-44)46(8,9)10)18-26-28(40(38)52-14)20-32(50-12)42(54-16)36(26)24(3)4/h17-20,23-24,33-34H,21-22H2,1-16H3/t33-,34-/m1/s1. The molecule has 56 heavy (non-hydrogen) atoms. The summed E-state index contributed by atoms with van der Waals surface area (Å²) in [6.07, 6.45) is 0. The summed E-state index contributed by atoms with van der Waals surface area (Å²) in [5.41, 5.74) is 4.68. The number of methoxy groups -OCH3 is 6. The van der Waals surface area contributed by atoms with Crippen LogP contribution >= 0.6 is 0 Å². The fourth-order valence-corrected chi connectivity index (χ4v) is 8.04. The van der Waals surface area contributed by atoms with Crippen LogP contribution in [0.5, 0.6) is 34.5 Å². The van der Waals surface area contributed by atoms with E-state index in [0.717, 1.165) is 54.9 Å². The highest BCUT2D eigenvalue weighted by molar-refractivity contribution is 6.18. The molecule has 302 valence electrons. The third-order valence-corrected chi connectivity index (χ3v) is 11.1. The number of ether oxygens (including phenoxy) is 8. The summed E-state index contributed by atoms with van der Waals surface area (Å²) in [5.74, 6) is 4.92. The van der Waals surface area contributed by atoms with Gasteiger partial charge in [-0.1, -0.05) is 69.2 Å². The Bertz CT molecular complexity index is 2060. The number of hydrogen-bond donors (Lipinski definition) is 0. The van der Waals surface area contributed by atoms with Gasteiger partial charge in [-0.2, -0.15) is 0 Å². The van der Waals surface area contributed by atoms with E-state index in [2.05, 4.69) is 81.4 Å². The molecule has 0 fully saturated rings. The lowest BCUT2D eigenvalue weighted by Crippen LogP contribution is -2.25. The van der Waals surface area contributed by atoms with Crippen molar-refractivity contribution in [3.8, 4) is 45.6 Å². The molecule has 2 atom stereocenters. The Kier molecular flexibility index (Phi) is 11.1. The van der Waals surface area contributed by atoms with Crippen molar-refractivity contribution >= 4 is 33.3 Å². The molecule has 4 aromatic rings. The van der Waals surface area contributed by atoms with E-state index in [1.165, 1.54) is 0 Å². The highest BCUT2D eigenvalue weighted by Gasteiger charge is 2.38. The molecule has 2 aliphatic heterocycles. The number of nitrogens with zero attached hydrogens (tertiary/aromatic N) is 2. The van der Waals surface area contributed by atoms with Gasteiger partial charge < -0.3 is 37.9 Å². The summed E-state index contributed by atoms with van der Waals surface area (Å²) in [6.45, 7) is 22.6. The molecule has 0 unspecified atom stereocenters. The van der Waals surface area contributed by atoms with Crippen LogP contribution in [0.2, 0.25) is 0 Å². The molecule has 10 nitrogen and oxygen atoms in total. The van der Waals surface area contributed by atoms with Crippen LogP contribution in [-0.4, -0.2) is 79.8 Å². The maximum Gasteiger partial charge on any atom is 0.217 e. The number of fused-ring (bicyclic) bond motifs is 2. The van der Waals surface area contributed by atoms with Gasteiger partial charge in [0.1, 0.15) is 24.7 Å². The molecule has 6 rings (SSSR count). The van der Waals surface area contributed by atoms with Gasteiger partial charge in [-0.15, -0.1) is 0 Å². The minimum Gasteiger partial charge on any atom is -0.495 e. The van der Waals surface area contributed by atoms with Crippen LogP contribution in [0.3, 0.4) is 0 Å². The number of benzene rings is 4. The fourth-order valence-electron chi connectivity index (χ4n) is 8.04. The average Bonchev–Trinajstić information content (AvgIpc) is 3.86. The summed E-state index contributed by atoms with van der Waals surface area (Å²) in [5, 5.41) is 3.55. The van der Waals surface area contributed by atoms with Crippen molar-refractivity contribution in [2.24, 2.45) is 20.8 Å². The second kappa shape index (κ2) is 15.2. The zero-order chi connectivity index (χ0) is 41.0. The normalized spacial score (nSPS) is 17.2. The first kappa shape index (κ1) is 40.8. The van der Waals surface area contributed by atoms with Crippen LogP contribution in [0.25, 0.3) is 32.7 Å². The van der Waals surface area contributed by atoms with Crippen molar-refractivity contribution in [3.05, 3.63) is 46.5 Å². The van der Waals surface area contributed by atoms with Crippen LogP contribution < -0.4 is 28.4 Å². The molecule has 2 heterocycles. The van der Waals surface area contributed by atoms with Gasteiger partial charge >= 0.3 is 0 Å². The smallest absolute Gasteiger partial charge is 0.217 e. The predicted octanol–water partition coefficient (Wildman–Crippen LogP) is 10.3. The Labute approximate surface area is 332 Å². The van der Waals surface area contributed by atoms with Crippen molar-refractivity contribution in [1.82, 2.24) is 0 Å². The van der Waals surface area contributed by atoms with Gasteiger partial charge in [-0.05, 0) is 57.7 Å². The second-order valence-electron chi connectivity index (χ2n) is 17.5. The second-order valence-corrected chi connectivity index (χ2v) is 17.5. The largest absolute Gasteiger partial charge is 0.495 e. The van der Waals surface area contributed by atoms with Gasteiger partial charge in [0.15, 0.2) is 23.0 Å². The Morgan fingerprint density at radius 2 is 0.839 bits per heavy atom. The lowest BCUT2D eigenvalue weighted by Gasteiger charge is -2.26. The van der Waals surface area contributed by atoms with Crippen molar-refractivity contribution < 1.29 is 37.9 Å².